The molecule has 0 saturated carbocycles. The van der Waals surface area contributed by atoms with E-state index < -0.39 is 0 Å². The Hall–Kier alpha value is -0.820. The molecule has 0 aromatic carbocycles. The van der Waals surface area contributed by atoms with Gasteiger partial charge in [-0.15, -0.1) is 0 Å². The topological polar surface area (TPSA) is 3.24 Å². The van der Waals surface area contributed by atoms with E-state index in [1.807, 2.05) is 26.0 Å². The Morgan fingerprint density at radius 1 is 1.20 bits per heavy atom. The molecule has 1 heteroatoms. The van der Waals surface area contributed by atoms with E-state index in [9.17, 15) is 0 Å². The predicted octanol–water partition coefficient (Wildman–Crippen LogP) is 3.80. The van der Waals surface area contributed by atoms with Gasteiger partial charge in [0.1, 0.15) is 0 Å². The van der Waals surface area contributed by atoms with E-state index in [-0.39, 0.29) is 0 Å². The maximum atomic E-state index is 4.01. The summed E-state index contributed by atoms with van der Waals surface area (Å²) in [4.78, 5) is 2.47. The average Bonchev–Trinajstić information content (AvgIpc) is 2.30. The van der Waals surface area contributed by atoms with Crippen LogP contribution in [0.25, 0.3) is 0 Å². The van der Waals surface area contributed by atoms with E-state index in [4.69, 9.17) is 0 Å². The number of hydrogen-bond acceptors (Lipinski definition) is 1. The number of piperidine rings is 1. The van der Waals surface area contributed by atoms with Crippen LogP contribution in [-0.4, -0.2) is 24.5 Å². The van der Waals surface area contributed by atoms with Crippen LogP contribution < -0.4 is 0 Å². The van der Waals surface area contributed by atoms with Gasteiger partial charge in [0.2, 0.25) is 0 Å². The molecule has 1 rings (SSSR count). The van der Waals surface area contributed by atoms with Crippen LogP contribution in [0.5, 0.6) is 0 Å². The van der Waals surface area contributed by atoms with E-state index in [1.165, 1.54) is 37.9 Å². The van der Waals surface area contributed by atoms with Crippen molar-refractivity contribution in [2.24, 2.45) is 0 Å². The Morgan fingerprint density at radius 3 is 2.33 bits per heavy atom. The number of nitrogens with zero attached hydrogens (tertiary/aromatic N) is 1. The van der Waals surface area contributed by atoms with Crippen LogP contribution in [0.1, 0.15) is 33.1 Å². The molecule has 1 saturated heterocycles. The predicted molar refractivity (Wildman–Crippen MR) is 70.1 cm³/mol. The van der Waals surface area contributed by atoms with E-state index >= 15 is 0 Å². The molecule has 86 valence electrons. The normalized spacial score (nSPS) is 16.9. The Morgan fingerprint density at radius 2 is 1.80 bits per heavy atom. The lowest BCUT2D eigenvalue weighted by molar-refractivity contribution is 0.248. The number of likely N-dealkylation sites (tertiary alicyclic amines) is 1. The smallest absolute Gasteiger partial charge is 0.0227 e. The van der Waals surface area contributed by atoms with Gasteiger partial charge < -0.3 is 0 Å². The highest BCUT2D eigenvalue weighted by molar-refractivity contribution is 5.19. The summed E-state index contributed by atoms with van der Waals surface area (Å²) in [6.07, 6.45) is 9.87. The number of rotatable bonds is 4. The Balaban J connectivity index is 0.000000921. The molecule has 0 radical (unpaired) electrons. The van der Waals surface area contributed by atoms with Gasteiger partial charge in [0.05, 0.1) is 0 Å². The lowest BCUT2D eigenvalue weighted by atomic mass is 10.1. The van der Waals surface area contributed by atoms with Gasteiger partial charge in [-0.05, 0) is 31.5 Å². The SMILES string of the molecule is C=C/C=C\C(=C)CN1CCCCC1.CC. The van der Waals surface area contributed by atoms with Crippen molar-refractivity contribution >= 4 is 0 Å². The van der Waals surface area contributed by atoms with Gasteiger partial charge in [-0.25, -0.2) is 0 Å². The minimum atomic E-state index is 1.02. The van der Waals surface area contributed by atoms with Crippen molar-refractivity contribution in [1.29, 1.82) is 0 Å². The third-order valence-electron chi connectivity index (χ3n) is 2.34. The molecular weight excluding hydrogens is 182 g/mol. The van der Waals surface area contributed by atoms with Crippen LogP contribution >= 0.6 is 0 Å². The van der Waals surface area contributed by atoms with Gasteiger partial charge in [-0.3, -0.25) is 4.90 Å². The average molecular weight is 207 g/mol. The summed E-state index contributed by atoms with van der Waals surface area (Å²) in [6.45, 7) is 15.1. The van der Waals surface area contributed by atoms with Crippen molar-refractivity contribution in [3.8, 4) is 0 Å². The van der Waals surface area contributed by atoms with Crippen LogP contribution in [0, 0.1) is 0 Å². The zero-order valence-electron chi connectivity index (χ0n) is 10.3. The molecule has 1 fully saturated rings. The first kappa shape index (κ1) is 14.2. The molecule has 1 nitrogen and oxygen atoms in total. The maximum absolute atomic E-state index is 4.01. The highest BCUT2D eigenvalue weighted by atomic mass is 15.1. The molecule has 0 aromatic heterocycles. The second-order valence-electron chi connectivity index (χ2n) is 3.59. The van der Waals surface area contributed by atoms with Crippen LogP contribution in [-0.2, 0) is 0 Å². The van der Waals surface area contributed by atoms with Gasteiger partial charge in [0, 0.05) is 6.54 Å². The maximum Gasteiger partial charge on any atom is 0.0227 e. The quantitative estimate of drug-likeness (QED) is 0.634. The molecule has 0 unspecified atom stereocenters. The summed E-state index contributed by atoms with van der Waals surface area (Å²) in [5.74, 6) is 0. The fourth-order valence-corrected chi connectivity index (χ4v) is 1.66. The Bertz CT molecular complexity index is 197. The van der Waals surface area contributed by atoms with Gasteiger partial charge in [-0.2, -0.15) is 0 Å². The van der Waals surface area contributed by atoms with Gasteiger partial charge >= 0.3 is 0 Å². The van der Waals surface area contributed by atoms with Crippen LogP contribution in [0.4, 0.5) is 0 Å². The highest BCUT2D eigenvalue weighted by Gasteiger charge is 2.09. The monoisotopic (exact) mass is 207 g/mol. The zero-order valence-corrected chi connectivity index (χ0v) is 10.3. The molecule has 1 heterocycles. The largest absolute Gasteiger partial charge is 0.299 e. The Labute approximate surface area is 95.2 Å². The minimum Gasteiger partial charge on any atom is -0.299 e. The highest BCUT2D eigenvalue weighted by Crippen LogP contribution is 2.10. The van der Waals surface area contributed by atoms with Crippen molar-refractivity contribution in [3.05, 3.63) is 37.0 Å². The molecule has 0 spiro atoms. The first-order valence-electron chi connectivity index (χ1n) is 6.02. The summed E-state index contributed by atoms with van der Waals surface area (Å²) in [7, 11) is 0. The lowest BCUT2D eigenvalue weighted by Gasteiger charge is -2.26. The molecule has 0 atom stereocenters. The van der Waals surface area contributed by atoms with Crippen LogP contribution in [0.15, 0.2) is 37.0 Å². The molecule has 0 bridgehead atoms. The molecular formula is C14H25N. The molecule has 0 aromatic rings. The first-order chi connectivity index (χ1) is 7.33. The second kappa shape index (κ2) is 9.72. The molecule has 1 aliphatic rings. The second-order valence-corrected chi connectivity index (χ2v) is 3.59. The van der Waals surface area contributed by atoms with Gasteiger partial charge in [0.25, 0.3) is 0 Å². The van der Waals surface area contributed by atoms with Crippen LogP contribution in [0.2, 0.25) is 0 Å². The number of hydrogen-bond donors (Lipinski definition) is 0. The molecule has 15 heavy (non-hydrogen) atoms. The molecule has 0 N–H and O–H groups in total. The Kier molecular flexibility index (Phi) is 9.19. The van der Waals surface area contributed by atoms with Gasteiger partial charge in [-0.1, -0.05) is 51.7 Å². The molecule has 0 amide bonds. The zero-order chi connectivity index (χ0) is 11.5. The minimum absolute atomic E-state index is 1.02. The third kappa shape index (κ3) is 7.15. The summed E-state index contributed by atoms with van der Waals surface area (Å²) in [6, 6.07) is 0. The standard InChI is InChI=1S/C12H19N.C2H6/c1-3-4-8-12(2)11-13-9-6-5-7-10-13;1-2/h3-4,8H,1-2,5-7,9-11H2;1-2H3/b8-4-;. The summed E-state index contributed by atoms with van der Waals surface area (Å²) >= 11 is 0. The van der Waals surface area contributed by atoms with E-state index in [1.54, 1.807) is 6.08 Å². The van der Waals surface area contributed by atoms with Gasteiger partial charge in [0.15, 0.2) is 0 Å². The fraction of sp³-hybridized carbons (Fsp3) is 0.571. The van der Waals surface area contributed by atoms with E-state index in [0.29, 0.717) is 0 Å². The van der Waals surface area contributed by atoms with Crippen LogP contribution in [0.3, 0.4) is 0 Å². The first-order valence-corrected chi connectivity index (χ1v) is 6.02. The lowest BCUT2D eigenvalue weighted by Crippen LogP contribution is -2.30. The summed E-state index contributed by atoms with van der Waals surface area (Å²) < 4.78 is 0. The van der Waals surface area contributed by atoms with Crippen molar-refractivity contribution in [3.63, 3.8) is 0 Å². The molecule has 0 aliphatic carbocycles. The van der Waals surface area contributed by atoms with Crippen molar-refractivity contribution < 1.29 is 0 Å². The third-order valence-corrected chi connectivity index (χ3v) is 2.34. The van der Waals surface area contributed by atoms with Crippen molar-refractivity contribution in [2.75, 3.05) is 19.6 Å². The van der Waals surface area contributed by atoms with E-state index in [0.717, 1.165) is 6.54 Å². The summed E-state index contributed by atoms with van der Waals surface area (Å²) in [5.41, 5.74) is 1.18. The number of allylic oxidation sites excluding steroid dienone is 2. The summed E-state index contributed by atoms with van der Waals surface area (Å²) in [5, 5.41) is 0. The molecule has 1 aliphatic heterocycles. The van der Waals surface area contributed by atoms with Crippen molar-refractivity contribution in [1.82, 2.24) is 4.90 Å². The van der Waals surface area contributed by atoms with Crippen molar-refractivity contribution in [2.45, 2.75) is 33.1 Å². The fourth-order valence-electron chi connectivity index (χ4n) is 1.66. The van der Waals surface area contributed by atoms with E-state index in [2.05, 4.69) is 18.1 Å².